The maximum Gasteiger partial charge on any atom is 0.261 e. The van der Waals surface area contributed by atoms with Crippen molar-refractivity contribution in [3.8, 4) is 0 Å². The standard InChI is InChI=1S/C14H13N3O5/c1-8(15-16-11(18)6-12(19)20)7-17-13(21)9-4-2-3-5-10(9)14(17)22/h2-5H,6-7H2,1H3,(H,16,18)(H,19,20)/p-1. The van der Waals surface area contributed by atoms with E-state index in [1.165, 1.54) is 6.92 Å². The molecular weight excluding hydrogens is 290 g/mol. The molecule has 2 rings (SSSR count). The fourth-order valence-corrected chi connectivity index (χ4v) is 1.98. The summed E-state index contributed by atoms with van der Waals surface area (Å²) in [5, 5.41) is 13.9. The van der Waals surface area contributed by atoms with E-state index in [2.05, 4.69) is 5.10 Å². The SMILES string of the molecule is CC(CN1C(=O)c2ccccc2C1=O)=NNC(=O)CC(=O)[O-]. The predicted molar refractivity (Wildman–Crippen MR) is 72.7 cm³/mol. The summed E-state index contributed by atoms with van der Waals surface area (Å²) in [5.74, 6) is -3.24. The molecule has 8 heteroatoms. The molecule has 0 saturated heterocycles. The number of carboxylic acids is 1. The second-order valence-corrected chi connectivity index (χ2v) is 4.67. The summed E-state index contributed by atoms with van der Waals surface area (Å²) in [6.45, 7) is 1.40. The molecule has 0 fully saturated rings. The average molecular weight is 302 g/mol. The minimum Gasteiger partial charge on any atom is -0.550 e. The summed E-state index contributed by atoms with van der Waals surface area (Å²) < 4.78 is 0. The fraction of sp³-hybridized carbons (Fsp3) is 0.214. The van der Waals surface area contributed by atoms with Crippen LogP contribution in [0.15, 0.2) is 29.4 Å². The molecule has 1 aliphatic heterocycles. The Labute approximate surface area is 125 Å². The normalized spacial score (nSPS) is 14.0. The number of amides is 3. The third kappa shape index (κ3) is 3.17. The van der Waals surface area contributed by atoms with Crippen LogP contribution in [0.2, 0.25) is 0 Å². The Bertz CT molecular complexity index is 660. The smallest absolute Gasteiger partial charge is 0.261 e. The first-order valence-electron chi connectivity index (χ1n) is 6.37. The van der Waals surface area contributed by atoms with Gasteiger partial charge in [0, 0.05) is 0 Å². The molecule has 3 amide bonds. The van der Waals surface area contributed by atoms with Crippen molar-refractivity contribution in [2.24, 2.45) is 5.10 Å². The van der Waals surface area contributed by atoms with Crippen molar-refractivity contribution in [1.82, 2.24) is 10.3 Å². The monoisotopic (exact) mass is 302 g/mol. The zero-order chi connectivity index (χ0) is 16.3. The van der Waals surface area contributed by atoms with E-state index in [1.54, 1.807) is 24.3 Å². The second kappa shape index (κ2) is 6.17. The zero-order valence-electron chi connectivity index (χ0n) is 11.7. The summed E-state index contributed by atoms with van der Waals surface area (Å²) in [5.41, 5.74) is 2.94. The Morgan fingerprint density at radius 3 is 2.23 bits per heavy atom. The van der Waals surface area contributed by atoms with E-state index < -0.39 is 30.1 Å². The molecule has 0 atom stereocenters. The van der Waals surface area contributed by atoms with Crippen LogP contribution in [0.5, 0.6) is 0 Å². The molecule has 114 valence electrons. The number of hydrogen-bond donors (Lipinski definition) is 1. The maximum atomic E-state index is 12.1. The molecule has 0 spiro atoms. The summed E-state index contributed by atoms with van der Waals surface area (Å²) in [6.07, 6.45) is -0.816. The summed E-state index contributed by atoms with van der Waals surface area (Å²) >= 11 is 0. The van der Waals surface area contributed by atoms with Gasteiger partial charge >= 0.3 is 0 Å². The van der Waals surface area contributed by atoms with Crippen molar-refractivity contribution < 1.29 is 24.3 Å². The molecule has 1 aliphatic rings. The Kier molecular flexibility index (Phi) is 4.31. The summed E-state index contributed by atoms with van der Waals surface area (Å²) in [6, 6.07) is 6.44. The van der Waals surface area contributed by atoms with Gasteiger partial charge in [-0.3, -0.25) is 19.3 Å². The first kappa shape index (κ1) is 15.4. The van der Waals surface area contributed by atoms with E-state index in [9.17, 15) is 24.3 Å². The van der Waals surface area contributed by atoms with Crippen molar-refractivity contribution in [1.29, 1.82) is 0 Å². The van der Waals surface area contributed by atoms with Crippen LogP contribution in [0.25, 0.3) is 0 Å². The van der Waals surface area contributed by atoms with Crippen LogP contribution in [-0.2, 0) is 9.59 Å². The molecule has 8 nitrogen and oxygen atoms in total. The molecule has 1 aromatic carbocycles. The molecule has 1 N–H and O–H groups in total. The second-order valence-electron chi connectivity index (χ2n) is 4.67. The Hall–Kier alpha value is -3.03. The van der Waals surface area contributed by atoms with Gasteiger partial charge in [-0.05, 0) is 19.1 Å². The molecule has 0 bridgehead atoms. The van der Waals surface area contributed by atoms with Crippen LogP contribution in [-0.4, -0.2) is 40.8 Å². The molecule has 22 heavy (non-hydrogen) atoms. The van der Waals surface area contributed by atoms with Gasteiger partial charge in [0.2, 0.25) is 5.91 Å². The number of nitrogens with zero attached hydrogens (tertiary/aromatic N) is 2. The van der Waals surface area contributed by atoms with Crippen LogP contribution in [0.1, 0.15) is 34.1 Å². The number of benzene rings is 1. The van der Waals surface area contributed by atoms with Gasteiger partial charge in [0.05, 0.1) is 35.8 Å². The minimum atomic E-state index is -1.52. The molecule has 0 unspecified atom stereocenters. The molecule has 0 saturated carbocycles. The number of aliphatic carboxylic acids is 1. The van der Waals surface area contributed by atoms with E-state index in [4.69, 9.17) is 0 Å². The highest BCUT2D eigenvalue weighted by molar-refractivity contribution is 6.22. The number of imide groups is 1. The van der Waals surface area contributed by atoms with Crippen LogP contribution < -0.4 is 10.5 Å². The molecule has 0 aromatic heterocycles. The van der Waals surface area contributed by atoms with Gasteiger partial charge in [-0.15, -0.1) is 0 Å². The average Bonchev–Trinajstić information content (AvgIpc) is 2.70. The number of hydrazone groups is 1. The lowest BCUT2D eigenvalue weighted by Crippen LogP contribution is -2.35. The van der Waals surface area contributed by atoms with Crippen molar-refractivity contribution >= 4 is 29.4 Å². The Morgan fingerprint density at radius 2 is 1.73 bits per heavy atom. The van der Waals surface area contributed by atoms with E-state index >= 15 is 0 Å². The highest BCUT2D eigenvalue weighted by atomic mass is 16.4. The van der Waals surface area contributed by atoms with Gasteiger partial charge < -0.3 is 9.90 Å². The first-order valence-corrected chi connectivity index (χ1v) is 6.37. The third-order valence-electron chi connectivity index (χ3n) is 2.94. The molecule has 0 radical (unpaired) electrons. The highest BCUT2D eigenvalue weighted by Gasteiger charge is 2.35. The van der Waals surface area contributed by atoms with E-state index in [1.807, 2.05) is 5.43 Å². The van der Waals surface area contributed by atoms with Gasteiger partial charge in [-0.2, -0.15) is 5.10 Å². The molecular formula is C14H12N3O5-. The Morgan fingerprint density at radius 1 is 1.18 bits per heavy atom. The first-order chi connectivity index (χ1) is 10.4. The largest absolute Gasteiger partial charge is 0.550 e. The van der Waals surface area contributed by atoms with E-state index in [-0.39, 0.29) is 12.3 Å². The molecule has 0 aliphatic carbocycles. The van der Waals surface area contributed by atoms with Crippen molar-refractivity contribution in [3.05, 3.63) is 35.4 Å². The van der Waals surface area contributed by atoms with E-state index in [0.29, 0.717) is 11.1 Å². The maximum absolute atomic E-state index is 12.1. The van der Waals surface area contributed by atoms with Gasteiger partial charge in [0.25, 0.3) is 11.8 Å². The van der Waals surface area contributed by atoms with Crippen LogP contribution >= 0.6 is 0 Å². The van der Waals surface area contributed by atoms with Crippen molar-refractivity contribution in [2.45, 2.75) is 13.3 Å². The highest BCUT2D eigenvalue weighted by Crippen LogP contribution is 2.21. The summed E-state index contributed by atoms with van der Waals surface area (Å²) in [4.78, 5) is 46.6. The lowest BCUT2D eigenvalue weighted by molar-refractivity contribution is -0.304. The van der Waals surface area contributed by atoms with Crippen LogP contribution in [0, 0.1) is 0 Å². The quantitative estimate of drug-likeness (QED) is 0.321. The van der Waals surface area contributed by atoms with Gasteiger partial charge in [-0.1, -0.05) is 12.1 Å². The number of fused-ring (bicyclic) bond motifs is 1. The van der Waals surface area contributed by atoms with Gasteiger partial charge in [0.1, 0.15) is 0 Å². The minimum absolute atomic E-state index is 0.0993. The number of nitrogens with one attached hydrogen (secondary N) is 1. The van der Waals surface area contributed by atoms with Crippen molar-refractivity contribution in [2.75, 3.05) is 6.54 Å². The predicted octanol–water partition coefficient (Wildman–Crippen LogP) is -1.09. The topological polar surface area (TPSA) is 119 Å². The number of carbonyl (C=O) groups excluding carboxylic acids is 4. The lowest BCUT2D eigenvalue weighted by Gasteiger charge is -2.13. The van der Waals surface area contributed by atoms with Crippen molar-refractivity contribution in [3.63, 3.8) is 0 Å². The number of carbonyl (C=O) groups is 4. The zero-order valence-corrected chi connectivity index (χ0v) is 11.7. The number of rotatable bonds is 5. The van der Waals surface area contributed by atoms with Gasteiger partial charge in [0.15, 0.2) is 0 Å². The third-order valence-corrected chi connectivity index (χ3v) is 2.94. The summed E-state index contributed by atoms with van der Waals surface area (Å²) in [7, 11) is 0. The Balaban J connectivity index is 2.03. The fourth-order valence-electron chi connectivity index (χ4n) is 1.98. The van der Waals surface area contributed by atoms with Gasteiger partial charge in [-0.25, -0.2) is 5.43 Å². The van der Waals surface area contributed by atoms with Crippen LogP contribution in [0.3, 0.4) is 0 Å². The van der Waals surface area contributed by atoms with E-state index in [0.717, 1.165) is 4.90 Å². The number of hydrogen-bond acceptors (Lipinski definition) is 6. The lowest BCUT2D eigenvalue weighted by atomic mass is 10.1. The van der Waals surface area contributed by atoms with Crippen LogP contribution in [0.4, 0.5) is 0 Å². The molecule has 1 aromatic rings. The number of carboxylic acid groups (broad SMARTS) is 1. The molecule has 1 heterocycles.